The van der Waals surface area contributed by atoms with Crippen molar-refractivity contribution in [3.05, 3.63) is 50.3 Å². The molecule has 23 heavy (non-hydrogen) atoms. The van der Waals surface area contributed by atoms with Gasteiger partial charge in [-0.05, 0) is 69.6 Å². The van der Waals surface area contributed by atoms with Crippen LogP contribution in [0.3, 0.4) is 0 Å². The molecule has 0 bridgehead atoms. The third kappa shape index (κ3) is 4.41. The molecular formula is C16H15BrIN3O2. The lowest BCUT2D eigenvalue weighted by Gasteiger charge is -2.32. The summed E-state index contributed by atoms with van der Waals surface area (Å²) < 4.78 is 7.68. The maximum absolute atomic E-state index is 12.6. The van der Waals surface area contributed by atoms with Crippen molar-refractivity contribution in [1.29, 1.82) is 0 Å². The zero-order chi connectivity index (χ0) is 16.2. The number of rotatable bonds is 3. The van der Waals surface area contributed by atoms with E-state index in [9.17, 15) is 4.79 Å². The van der Waals surface area contributed by atoms with E-state index in [0.717, 1.165) is 33.0 Å². The highest BCUT2D eigenvalue weighted by Gasteiger charge is 2.26. The van der Waals surface area contributed by atoms with Gasteiger partial charge in [0.05, 0.1) is 11.0 Å². The smallest absolute Gasteiger partial charge is 0.316 e. The van der Waals surface area contributed by atoms with Crippen molar-refractivity contribution < 1.29 is 9.53 Å². The van der Waals surface area contributed by atoms with Crippen LogP contribution in [0.25, 0.3) is 0 Å². The van der Waals surface area contributed by atoms with E-state index in [4.69, 9.17) is 4.74 Å². The molecule has 1 aromatic heterocycles. The fourth-order valence-corrected chi connectivity index (χ4v) is 3.28. The van der Waals surface area contributed by atoms with E-state index >= 15 is 0 Å². The number of hydrogen-bond acceptors (Lipinski definition) is 4. The van der Waals surface area contributed by atoms with Crippen molar-refractivity contribution in [2.75, 3.05) is 13.1 Å². The number of halogens is 2. The third-order valence-electron chi connectivity index (χ3n) is 3.61. The minimum Gasteiger partial charge on any atom is -0.458 e. The van der Waals surface area contributed by atoms with Crippen molar-refractivity contribution >= 4 is 44.4 Å². The van der Waals surface area contributed by atoms with Crippen molar-refractivity contribution in [3.63, 3.8) is 0 Å². The van der Waals surface area contributed by atoms with Crippen molar-refractivity contribution in [2.24, 2.45) is 0 Å². The first-order valence-electron chi connectivity index (χ1n) is 7.31. The summed E-state index contributed by atoms with van der Waals surface area (Å²) in [5, 5.41) is 0. The van der Waals surface area contributed by atoms with Gasteiger partial charge in [-0.15, -0.1) is 0 Å². The average Bonchev–Trinajstić information content (AvgIpc) is 2.56. The SMILES string of the molecule is O=C(c1cccc(I)c1)N1CCCC(Oc2ncc(Br)cn2)C1. The molecule has 1 fully saturated rings. The zero-order valence-corrected chi connectivity index (χ0v) is 16.0. The Labute approximate surface area is 156 Å². The van der Waals surface area contributed by atoms with Crippen LogP contribution in [-0.4, -0.2) is 40.0 Å². The number of amides is 1. The van der Waals surface area contributed by atoms with Gasteiger partial charge in [-0.25, -0.2) is 9.97 Å². The number of ether oxygens (including phenoxy) is 1. The Morgan fingerprint density at radius 1 is 1.35 bits per heavy atom. The second-order valence-corrected chi connectivity index (χ2v) is 7.49. The number of nitrogens with zero attached hydrogens (tertiary/aromatic N) is 3. The Hall–Kier alpha value is -1.22. The summed E-state index contributed by atoms with van der Waals surface area (Å²) in [5.74, 6) is 0.0496. The molecule has 7 heteroatoms. The second kappa shape index (κ2) is 7.57. The molecule has 1 aromatic carbocycles. The second-order valence-electron chi connectivity index (χ2n) is 5.33. The lowest BCUT2D eigenvalue weighted by Crippen LogP contribution is -2.44. The fraction of sp³-hybridized carbons (Fsp3) is 0.312. The van der Waals surface area contributed by atoms with E-state index in [-0.39, 0.29) is 12.0 Å². The summed E-state index contributed by atoms with van der Waals surface area (Å²) in [4.78, 5) is 22.7. The molecule has 0 N–H and O–H groups in total. The van der Waals surface area contributed by atoms with Crippen LogP contribution in [0, 0.1) is 3.57 Å². The normalized spacial score (nSPS) is 17.8. The summed E-state index contributed by atoms with van der Waals surface area (Å²) in [6.07, 6.45) is 5.04. The third-order valence-corrected chi connectivity index (χ3v) is 4.69. The zero-order valence-electron chi connectivity index (χ0n) is 12.3. The number of piperidine rings is 1. The molecule has 1 saturated heterocycles. The first kappa shape index (κ1) is 16.6. The van der Waals surface area contributed by atoms with Crippen LogP contribution in [0.4, 0.5) is 0 Å². The van der Waals surface area contributed by atoms with Crippen LogP contribution >= 0.6 is 38.5 Å². The summed E-state index contributed by atoms with van der Waals surface area (Å²) in [6.45, 7) is 1.31. The quantitative estimate of drug-likeness (QED) is 0.621. The molecule has 5 nitrogen and oxygen atoms in total. The number of hydrogen-bond donors (Lipinski definition) is 0. The predicted octanol–water partition coefficient (Wildman–Crippen LogP) is 3.53. The standard InChI is InChI=1S/C16H15BrIN3O2/c17-12-8-19-16(20-9-12)23-14-5-2-6-21(10-14)15(22)11-3-1-4-13(18)7-11/h1,3-4,7-9,14H,2,5-6,10H2. The molecule has 1 atom stereocenters. The van der Waals surface area contributed by atoms with Crippen LogP contribution in [0.1, 0.15) is 23.2 Å². The Kier molecular flexibility index (Phi) is 5.47. The lowest BCUT2D eigenvalue weighted by molar-refractivity contribution is 0.0515. The van der Waals surface area contributed by atoms with Gasteiger partial charge in [0.1, 0.15) is 6.10 Å². The summed E-state index contributed by atoms with van der Waals surface area (Å²) in [6, 6.07) is 7.99. The van der Waals surface area contributed by atoms with Gasteiger partial charge in [-0.3, -0.25) is 4.79 Å². The first-order valence-corrected chi connectivity index (χ1v) is 9.18. The molecule has 1 unspecified atom stereocenters. The molecule has 2 heterocycles. The Balaban J connectivity index is 1.66. The van der Waals surface area contributed by atoms with Crippen molar-refractivity contribution in [2.45, 2.75) is 18.9 Å². The van der Waals surface area contributed by atoms with Crippen LogP contribution in [0.15, 0.2) is 41.1 Å². The van der Waals surface area contributed by atoms with E-state index in [1.165, 1.54) is 0 Å². The molecule has 0 spiro atoms. The molecule has 3 rings (SSSR count). The first-order chi connectivity index (χ1) is 11.1. The van der Waals surface area contributed by atoms with E-state index in [0.29, 0.717) is 12.6 Å². The summed E-state index contributed by atoms with van der Waals surface area (Å²) in [7, 11) is 0. The topological polar surface area (TPSA) is 55.3 Å². The number of likely N-dealkylation sites (tertiary alicyclic amines) is 1. The van der Waals surface area contributed by atoms with Crippen LogP contribution in [0.5, 0.6) is 6.01 Å². The predicted molar refractivity (Wildman–Crippen MR) is 98.4 cm³/mol. The Morgan fingerprint density at radius 3 is 2.87 bits per heavy atom. The number of carbonyl (C=O) groups excluding carboxylic acids is 1. The van der Waals surface area contributed by atoms with Gasteiger partial charge in [0.15, 0.2) is 0 Å². The highest BCUT2D eigenvalue weighted by Crippen LogP contribution is 2.19. The van der Waals surface area contributed by atoms with Gasteiger partial charge >= 0.3 is 6.01 Å². The summed E-state index contributed by atoms with van der Waals surface area (Å²) in [5.41, 5.74) is 0.720. The molecule has 1 aliphatic rings. The maximum atomic E-state index is 12.6. The number of aromatic nitrogens is 2. The van der Waals surface area contributed by atoms with Gasteiger partial charge in [0.25, 0.3) is 5.91 Å². The average molecular weight is 488 g/mol. The van der Waals surface area contributed by atoms with Gasteiger partial charge in [0, 0.05) is 28.1 Å². The molecule has 120 valence electrons. The van der Waals surface area contributed by atoms with E-state index in [1.807, 2.05) is 29.2 Å². The molecule has 0 aliphatic carbocycles. The minimum atomic E-state index is -0.0725. The van der Waals surface area contributed by atoms with E-state index < -0.39 is 0 Å². The van der Waals surface area contributed by atoms with Crippen LogP contribution in [-0.2, 0) is 0 Å². The van der Waals surface area contributed by atoms with Crippen LogP contribution < -0.4 is 4.74 Å². The highest BCUT2D eigenvalue weighted by atomic mass is 127. The number of carbonyl (C=O) groups is 1. The van der Waals surface area contributed by atoms with Gasteiger partial charge in [0.2, 0.25) is 0 Å². The van der Waals surface area contributed by atoms with Gasteiger partial charge < -0.3 is 9.64 Å². The largest absolute Gasteiger partial charge is 0.458 e. The molecule has 2 aromatic rings. The molecular weight excluding hydrogens is 473 g/mol. The monoisotopic (exact) mass is 487 g/mol. The summed E-state index contributed by atoms with van der Waals surface area (Å²) >= 11 is 5.51. The molecule has 0 saturated carbocycles. The fourth-order valence-electron chi connectivity index (χ4n) is 2.53. The van der Waals surface area contributed by atoms with Gasteiger partial charge in [-0.2, -0.15) is 0 Å². The van der Waals surface area contributed by atoms with Gasteiger partial charge in [-0.1, -0.05) is 6.07 Å². The molecule has 0 radical (unpaired) electrons. The van der Waals surface area contributed by atoms with Crippen molar-refractivity contribution in [1.82, 2.24) is 14.9 Å². The van der Waals surface area contributed by atoms with Crippen LogP contribution in [0.2, 0.25) is 0 Å². The number of benzene rings is 1. The van der Waals surface area contributed by atoms with E-state index in [1.54, 1.807) is 12.4 Å². The molecule has 1 aliphatic heterocycles. The Morgan fingerprint density at radius 2 is 2.13 bits per heavy atom. The van der Waals surface area contributed by atoms with E-state index in [2.05, 4.69) is 48.5 Å². The Bertz CT molecular complexity index is 696. The maximum Gasteiger partial charge on any atom is 0.316 e. The molecule has 1 amide bonds. The minimum absolute atomic E-state index is 0.0496. The lowest BCUT2D eigenvalue weighted by atomic mass is 10.1. The van der Waals surface area contributed by atoms with Crippen molar-refractivity contribution in [3.8, 4) is 6.01 Å². The highest BCUT2D eigenvalue weighted by molar-refractivity contribution is 14.1.